The molecule has 1 aliphatic heterocycles. The van der Waals surface area contributed by atoms with Gasteiger partial charge in [0.2, 0.25) is 0 Å². The minimum atomic E-state index is 0.348. The molecule has 0 spiro atoms. The van der Waals surface area contributed by atoms with E-state index in [4.69, 9.17) is 0 Å². The second-order valence-electron chi connectivity index (χ2n) is 6.55. The molecule has 2 atom stereocenters. The molecule has 0 saturated carbocycles. The molecule has 2 unspecified atom stereocenters. The fourth-order valence-corrected chi connectivity index (χ4v) is 3.31. The molecule has 1 aliphatic rings. The number of nitrogens with zero attached hydrogens (tertiary/aromatic N) is 1. The van der Waals surface area contributed by atoms with Crippen LogP contribution in [0.25, 0.3) is 0 Å². The SMILES string of the molecule is CC(Cc1ccsc1)N1CCNC(C(C)(C)C)C1. The largest absolute Gasteiger partial charge is 0.311 e. The number of nitrogens with one attached hydrogen (secondary N) is 1. The number of hydrogen-bond donors (Lipinski definition) is 1. The van der Waals surface area contributed by atoms with Crippen LogP contribution in [-0.4, -0.2) is 36.6 Å². The molecule has 1 aromatic heterocycles. The zero-order chi connectivity index (χ0) is 13.2. The predicted molar refractivity (Wildman–Crippen MR) is 80.3 cm³/mol. The van der Waals surface area contributed by atoms with Gasteiger partial charge in [-0.15, -0.1) is 0 Å². The van der Waals surface area contributed by atoms with Crippen molar-refractivity contribution in [2.75, 3.05) is 19.6 Å². The predicted octanol–water partition coefficient (Wildman–Crippen LogP) is 3.00. The van der Waals surface area contributed by atoms with Crippen molar-refractivity contribution in [2.45, 2.75) is 46.2 Å². The summed E-state index contributed by atoms with van der Waals surface area (Å²) in [5.41, 5.74) is 1.83. The molecule has 2 rings (SSSR count). The molecular formula is C15H26N2S. The number of thiophene rings is 1. The lowest BCUT2D eigenvalue weighted by atomic mass is 9.85. The van der Waals surface area contributed by atoms with Crippen LogP contribution in [0.3, 0.4) is 0 Å². The normalized spacial score (nSPS) is 24.1. The summed E-state index contributed by atoms with van der Waals surface area (Å²) >= 11 is 1.80. The van der Waals surface area contributed by atoms with Gasteiger partial charge in [0, 0.05) is 31.7 Å². The van der Waals surface area contributed by atoms with Crippen LogP contribution >= 0.6 is 11.3 Å². The van der Waals surface area contributed by atoms with Crippen LogP contribution < -0.4 is 5.32 Å². The van der Waals surface area contributed by atoms with Crippen molar-refractivity contribution in [3.05, 3.63) is 22.4 Å². The van der Waals surface area contributed by atoms with E-state index in [0.29, 0.717) is 17.5 Å². The monoisotopic (exact) mass is 266 g/mol. The first-order valence-electron chi connectivity index (χ1n) is 6.95. The lowest BCUT2D eigenvalue weighted by Crippen LogP contribution is -2.58. The van der Waals surface area contributed by atoms with Gasteiger partial charge < -0.3 is 5.32 Å². The lowest BCUT2D eigenvalue weighted by molar-refractivity contribution is 0.104. The summed E-state index contributed by atoms with van der Waals surface area (Å²) < 4.78 is 0. The Morgan fingerprint density at radius 1 is 1.50 bits per heavy atom. The minimum Gasteiger partial charge on any atom is -0.311 e. The molecule has 1 aromatic rings. The van der Waals surface area contributed by atoms with E-state index in [2.05, 4.69) is 54.7 Å². The van der Waals surface area contributed by atoms with Gasteiger partial charge in [-0.1, -0.05) is 20.8 Å². The highest BCUT2D eigenvalue weighted by Gasteiger charge is 2.30. The minimum absolute atomic E-state index is 0.348. The molecule has 0 amide bonds. The molecule has 3 heteroatoms. The fourth-order valence-electron chi connectivity index (χ4n) is 2.63. The Bertz CT molecular complexity index is 353. The third-order valence-corrected chi connectivity index (χ3v) is 4.72. The van der Waals surface area contributed by atoms with Crippen molar-refractivity contribution in [3.63, 3.8) is 0 Å². The summed E-state index contributed by atoms with van der Waals surface area (Å²) in [5.74, 6) is 0. The van der Waals surface area contributed by atoms with Gasteiger partial charge in [0.25, 0.3) is 0 Å². The first kappa shape index (κ1) is 14.0. The Morgan fingerprint density at radius 3 is 2.89 bits per heavy atom. The smallest absolute Gasteiger partial charge is 0.0244 e. The van der Waals surface area contributed by atoms with Gasteiger partial charge in [-0.3, -0.25) is 4.90 Å². The Hall–Kier alpha value is -0.380. The number of rotatable bonds is 3. The standard InChI is InChI=1S/C15H26N2S/c1-12(9-13-5-8-18-11-13)17-7-6-16-14(10-17)15(2,3)4/h5,8,11-12,14,16H,6-7,9-10H2,1-4H3. The van der Waals surface area contributed by atoms with Crippen molar-refractivity contribution >= 4 is 11.3 Å². The van der Waals surface area contributed by atoms with Crippen molar-refractivity contribution in [3.8, 4) is 0 Å². The van der Waals surface area contributed by atoms with Crippen LogP contribution in [0.15, 0.2) is 16.8 Å². The van der Waals surface area contributed by atoms with Crippen molar-refractivity contribution < 1.29 is 0 Å². The van der Waals surface area contributed by atoms with Crippen LogP contribution in [0.4, 0.5) is 0 Å². The molecular weight excluding hydrogens is 240 g/mol. The second kappa shape index (κ2) is 5.72. The van der Waals surface area contributed by atoms with E-state index in [1.165, 1.54) is 25.1 Å². The number of hydrogen-bond acceptors (Lipinski definition) is 3. The molecule has 0 aliphatic carbocycles. The van der Waals surface area contributed by atoms with E-state index in [9.17, 15) is 0 Å². The van der Waals surface area contributed by atoms with Gasteiger partial charge in [0.05, 0.1) is 0 Å². The van der Waals surface area contributed by atoms with Crippen LogP contribution in [-0.2, 0) is 6.42 Å². The summed E-state index contributed by atoms with van der Waals surface area (Å²) in [5, 5.41) is 8.12. The van der Waals surface area contributed by atoms with Crippen molar-refractivity contribution in [2.24, 2.45) is 5.41 Å². The molecule has 1 saturated heterocycles. The zero-order valence-corrected chi connectivity index (χ0v) is 12.9. The second-order valence-corrected chi connectivity index (χ2v) is 7.33. The summed E-state index contributed by atoms with van der Waals surface area (Å²) in [6, 6.07) is 3.51. The molecule has 2 heterocycles. The maximum atomic E-state index is 3.66. The fraction of sp³-hybridized carbons (Fsp3) is 0.733. The van der Waals surface area contributed by atoms with E-state index in [-0.39, 0.29) is 0 Å². The zero-order valence-electron chi connectivity index (χ0n) is 12.1. The molecule has 0 radical (unpaired) electrons. The summed E-state index contributed by atoms with van der Waals surface area (Å²) in [6.45, 7) is 12.8. The number of piperazine rings is 1. The van der Waals surface area contributed by atoms with E-state index >= 15 is 0 Å². The molecule has 102 valence electrons. The van der Waals surface area contributed by atoms with Crippen molar-refractivity contribution in [1.82, 2.24) is 10.2 Å². The molecule has 2 nitrogen and oxygen atoms in total. The summed E-state index contributed by atoms with van der Waals surface area (Å²) in [6.07, 6.45) is 1.18. The highest BCUT2D eigenvalue weighted by Crippen LogP contribution is 2.23. The van der Waals surface area contributed by atoms with Crippen LogP contribution in [0.2, 0.25) is 0 Å². The third-order valence-electron chi connectivity index (χ3n) is 3.99. The van der Waals surface area contributed by atoms with Crippen LogP contribution in [0.1, 0.15) is 33.3 Å². The summed E-state index contributed by atoms with van der Waals surface area (Å²) in [4.78, 5) is 2.64. The summed E-state index contributed by atoms with van der Waals surface area (Å²) in [7, 11) is 0. The topological polar surface area (TPSA) is 15.3 Å². The molecule has 1 fully saturated rings. The van der Waals surface area contributed by atoms with Crippen LogP contribution in [0.5, 0.6) is 0 Å². The first-order valence-corrected chi connectivity index (χ1v) is 7.89. The average Bonchev–Trinajstić information content (AvgIpc) is 2.81. The Labute approximate surface area is 115 Å². The Morgan fingerprint density at radius 2 is 2.28 bits per heavy atom. The van der Waals surface area contributed by atoms with E-state index in [1.54, 1.807) is 11.3 Å². The van der Waals surface area contributed by atoms with Gasteiger partial charge in [0.1, 0.15) is 0 Å². The van der Waals surface area contributed by atoms with Gasteiger partial charge in [0.15, 0.2) is 0 Å². The van der Waals surface area contributed by atoms with Gasteiger partial charge in [-0.05, 0) is 41.1 Å². The van der Waals surface area contributed by atoms with Gasteiger partial charge in [-0.2, -0.15) is 11.3 Å². The molecule has 18 heavy (non-hydrogen) atoms. The Kier molecular flexibility index (Phi) is 4.46. The van der Waals surface area contributed by atoms with E-state index < -0.39 is 0 Å². The molecule has 0 aromatic carbocycles. The highest BCUT2D eigenvalue weighted by molar-refractivity contribution is 7.07. The third kappa shape index (κ3) is 3.56. The maximum absolute atomic E-state index is 3.66. The maximum Gasteiger partial charge on any atom is 0.0244 e. The molecule has 1 N–H and O–H groups in total. The van der Waals surface area contributed by atoms with Crippen LogP contribution in [0, 0.1) is 5.41 Å². The quantitative estimate of drug-likeness (QED) is 0.905. The average molecular weight is 266 g/mol. The van der Waals surface area contributed by atoms with Crippen molar-refractivity contribution in [1.29, 1.82) is 0 Å². The first-order chi connectivity index (χ1) is 8.47. The highest BCUT2D eigenvalue weighted by atomic mass is 32.1. The molecule has 0 bridgehead atoms. The Balaban J connectivity index is 1.92. The lowest BCUT2D eigenvalue weighted by Gasteiger charge is -2.43. The van der Waals surface area contributed by atoms with E-state index in [0.717, 1.165) is 6.54 Å². The van der Waals surface area contributed by atoms with Gasteiger partial charge in [-0.25, -0.2) is 0 Å². The van der Waals surface area contributed by atoms with Gasteiger partial charge >= 0.3 is 0 Å². The van der Waals surface area contributed by atoms with E-state index in [1.807, 2.05) is 0 Å².